The second kappa shape index (κ2) is 7.70. The molecule has 12 nitrogen and oxygen atoms in total. The topological polar surface area (TPSA) is 264 Å². The van der Waals surface area contributed by atoms with Crippen molar-refractivity contribution in [1.82, 2.24) is 27.3 Å². The molecule has 0 aliphatic rings. The Hall–Kier alpha value is -1.56. The van der Waals surface area contributed by atoms with Crippen molar-refractivity contribution in [3.8, 4) is 0 Å². The lowest BCUT2D eigenvalue weighted by Crippen LogP contribution is -2.05. The summed E-state index contributed by atoms with van der Waals surface area (Å²) in [7, 11) is -4.64. The zero-order valence-electron chi connectivity index (χ0n) is 8.19. The zero-order valence-corrected chi connectivity index (χ0v) is 9.08. The Kier molecular flexibility index (Phi) is 9.59. The van der Waals surface area contributed by atoms with Crippen LogP contribution < -0.4 is 29.5 Å². The van der Waals surface area contributed by atoms with Crippen LogP contribution in [0.2, 0.25) is 0 Å². The summed E-state index contributed by atoms with van der Waals surface area (Å²) in [5, 5.41) is 0. The van der Waals surface area contributed by atoms with Gasteiger partial charge in [-0.15, -0.1) is 0 Å². The van der Waals surface area contributed by atoms with E-state index in [1.807, 2.05) is 0 Å². The highest BCUT2D eigenvalue weighted by Crippen LogP contribution is 2.25. The van der Waals surface area contributed by atoms with Gasteiger partial charge < -0.3 is 44.2 Å². The highest BCUT2D eigenvalue weighted by molar-refractivity contribution is 7.45. The molecule has 16 heavy (non-hydrogen) atoms. The summed E-state index contributed by atoms with van der Waals surface area (Å²) in [6.45, 7) is 0. The lowest BCUT2D eigenvalue weighted by atomic mass is 10.9. The Labute approximate surface area is 90.3 Å². The molecule has 0 aliphatic carbocycles. The van der Waals surface area contributed by atoms with Gasteiger partial charge in [0.15, 0.2) is 0 Å². The van der Waals surface area contributed by atoms with Crippen molar-refractivity contribution < 1.29 is 19.2 Å². The molecule has 0 saturated carbocycles. The lowest BCUT2D eigenvalue weighted by Gasteiger charge is -1.93. The molecule has 15 N–H and O–H groups in total. The fourth-order valence-electron chi connectivity index (χ4n) is 0.427. The normalized spacial score (nSPS) is 8.94. The van der Waals surface area contributed by atoms with Gasteiger partial charge in [-0.25, -0.2) is 4.57 Å². The number of aromatic nitrogens is 3. The van der Waals surface area contributed by atoms with Gasteiger partial charge in [-0.05, 0) is 0 Å². The smallest absolute Gasteiger partial charge is 0.368 e. The van der Waals surface area contributed by atoms with E-state index in [2.05, 4.69) is 15.0 Å². The Morgan fingerprint density at radius 1 is 0.812 bits per heavy atom. The molecule has 0 unspecified atom stereocenters. The minimum atomic E-state index is -4.64. The van der Waals surface area contributed by atoms with Crippen LogP contribution in [-0.2, 0) is 4.57 Å². The lowest BCUT2D eigenvalue weighted by molar-refractivity contribution is 0.275. The Morgan fingerprint density at radius 3 is 1.06 bits per heavy atom. The van der Waals surface area contributed by atoms with Crippen molar-refractivity contribution >= 4 is 25.7 Å². The van der Waals surface area contributed by atoms with Crippen LogP contribution in [0.25, 0.3) is 0 Å². The molecule has 0 radical (unpaired) electrons. The number of phosphoric acid groups is 1. The van der Waals surface area contributed by atoms with Crippen LogP contribution >= 0.6 is 7.82 Å². The third-order valence-corrected chi connectivity index (χ3v) is 0.687. The van der Waals surface area contributed by atoms with Gasteiger partial charge in [0.25, 0.3) is 0 Å². The van der Waals surface area contributed by atoms with Crippen molar-refractivity contribution in [1.29, 1.82) is 0 Å². The van der Waals surface area contributed by atoms with E-state index in [-0.39, 0.29) is 30.1 Å². The van der Waals surface area contributed by atoms with Gasteiger partial charge in [0.2, 0.25) is 17.8 Å². The summed E-state index contributed by atoms with van der Waals surface area (Å²) >= 11 is 0. The molecular weight excluding hydrogens is 243 g/mol. The number of hydrogen-bond acceptors (Lipinski definition) is 9. The highest BCUT2D eigenvalue weighted by Gasteiger charge is 2.00. The Bertz CT molecular complexity index is 294. The molecule has 1 aromatic heterocycles. The van der Waals surface area contributed by atoms with Crippen LogP contribution in [0.4, 0.5) is 17.8 Å². The standard InChI is InChI=1S/C3H6N6.2H3N.H3O4P/c4-1-7-2(5)9-3(6)8-1;;;1-5(2,3)4/h(H6,4,5,6,7,8,9);2*1H3;(H3,1,2,3,4). The van der Waals surface area contributed by atoms with Gasteiger partial charge in [-0.2, -0.15) is 15.0 Å². The number of hydrogen-bond donors (Lipinski definition) is 8. The van der Waals surface area contributed by atoms with E-state index in [1.54, 1.807) is 0 Å². The average molecular weight is 258 g/mol. The maximum absolute atomic E-state index is 8.88. The minimum absolute atomic E-state index is 0. The number of rotatable bonds is 0. The molecule has 13 heteroatoms. The number of nitrogen functional groups attached to an aromatic ring is 3. The molecular formula is C3H15N8O4P. The van der Waals surface area contributed by atoms with Crippen LogP contribution in [0.15, 0.2) is 0 Å². The summed E-state index contributed by atoms with van der Waals surface area (Å²) in [5.74, 6) is 0.125. The largest absolute Gasteiger partial charge is 0.466 e. The van der Waals surface area contributed by atoms with E-state index < -0.39 is 7.82 Å². The molecule has 0 aliphatic heterocycles. The second-order valence-electron chi connectivity index (χ2n) is 1.92. The van der Waals surface area contributed by atoms with Crippen molar-refractivity contribution in [2.24, 2.45) is 0 Å². The van der Waals surface area contributed by atoms with Crippen molar-refractivity contribution in [2.45, 2.75) is 0 Å². The zero-order chi connectivity index (χ0) is 11.4. The quantitative estimate of drug-likeness (QED) is 0.235. The molecule has 1 rings (SSSR count). The van der Waals surface area contributed by atoms with E-state index in [1.165, 1.54) is 0 Å². The summed E-state index contributed by atoms with van der Waals surface area (Å²) in [4.78, 5) is 32.0. The number of nitrogens with zero attached hydrogens (tertiary/aromatic N) is 3. The summed E-state index contributed by atoms with van der Waals surface area (Å²) in [6, 6.07) is 0. The molecule has 0 saturated heterocycles. The fraction of sp³-hybridized carbons (Fsp3) is 0. The van der Waals surface area contributed by atoms with Crippen LogP contribution in [0.3, 0.4) is 0 Å². The summed E-state index contributed by atoms with van der Waals surface area (Å²) in [5.41, 5.74) is 15.4. The summed E-state index contributed by atoms with van der Waals surface area (Å²) < 4.78 is 8.88. The first kappa shape index (κ1) is 19.9. The minimum Gasteiger partial charge on any atom is -0.368 e. The molecule has 0 aromatic carbocycles. The van der Waals surface area contributed by atoms with Gasteiger partial charge in [-0.1, -0.05) is 0 Å². The monoisotopic (exact) mass is 258 g/mol. The maximum atomic E-state index is 8.88. The van der Waals surface area contributed by atoms with Gasteiger partial charge in [0.1, 0.15) is 0 Å². The molecule has 96 valence electrons. The molecule has 0 fully saturated rings. The molecule has 0 bridgehead atoms. The van der Waals surface area contributed by atoms with E-state index in [0.29, 0.717) is 0 Å². The van der Waals surface area contributed by atoms with Crippen LogP contribution in [0, 0.1) is 0 Å². The maximum Gasteiger partial charge on any atom is 0.466 e. The van der Waals surface area contributed by atoms with E-state index in [4.69, 9.17) is 36.4 Å². The predicted octanol–water partition coefficient (Wildman–Crippen LogP) is -1.99. The van der Waals surface area contributed by atoms with E-state index in [0.717, 1.165) is 0 Å². The van der Waals surface area contributed by atoms with Gasteiger partial charge in [0, 0.05) is 0 Å². The fourth-order valence-corrected chi connectivity index (χ4v) is 0.427. The van der Waals surface area contributed by atoms with E-state index >= 15 is 0 Å². The van der Waals surface area contributed by atoms with Crippen LogP contribution in [-0.4, -0.2) is 29.6 Å². The Balaban J connectivity index is -0.000000214. The first-order valence-electron chi connectivity index (χ1n) is 2.99. The molecule has 1 heterocycles. The second-order valence-corrected chi connectivity index (χ2v) is 2.95. The molecule has 0 amide bonds. The van der Waals surface area contributed by atoms with Crippen LogP contribution in [0.5, 0.6) is 0 Å². The Morgan fingerprint density at radius 2 is 0.938 bits per heavy atom. The molecule has 1 aromatic rings. The summed E-state index contributed by atoms with van der Waals surface area (Å²) in [6.07, 6.45) is 0. The highest BCUT2D eigenvalue weighted by atomic mass is 31.2. The third kappa shape index (κ3) is 14.9. The average Bonchev–Trinajstić information content (AvgIpc) is 1.77. The number of anilines is 3. The van der Waals surface area contributed by atoms with Gasteiger partial charge in [-0.3, -0.25) is 0 Å². The third-order valence-electron chi connectivity index (χ3n) is 0.687. The van der Waals surface area contributed by atoms with Crippen molar-refractivity contribution in [3.63, 3.8) is 0 Å². The SMILES string of the molecule is N.N.Nc1nc(N)nc(N)n1.O=P(O)(O)O. The van der Waals surface area contributed by atoms with Gasteiger partial charge >= 0.3 is 7.82 Å². The first-order chi connectivity index (χ1) is 6.18. The predicted molar refractivity (Wildman–Crippen MR) is 57.4 cm³/mol. The van der Waals surface area contributed by atoms with E-state index in [9.17, 15) is 0 Å². The molecule has 0 atom stereocenters. The first-order valence-corrected chi connectivity index (χ1v) is 4.56. The molecule has 0 spiro atoms. The van der Waals surface area contributed by atoms with Crippen LogP contribution in [0.1, 0.15) is 0 Å². The number of nitrogens with two attached hydrogens (primary N) is 3. The van der Waals surface area contributed by atoms with Crippen molar-refractivity contribution in [2.75, 3.05) is 17.2 Å². The van der Waals surface area contributed by atoms with Gasteiger partial charge in [0.05, 0.1) is 0 Å². The van der Waals surface area contributed by atoms with Crippen molar-refractivity contribution in [3.05, 3.63) is 0 Å².